The Morgan fingerprint density at radius 2 is 1.85 bits per heavy atom. The molecule has 4 aromatic rings. The molecule has 3 heterocycles. The molecule has 172 valence electrons. The zero-order valence-corrected chi connectivity index (χ0v) is 19.1. The Morgan fingerprint density at radius 3 is 2.52 bits per heavy atom. The maximum absolute atomic E-state index is 13.2. The van der Waals surface area contributed by atoms with Crippen molar-refractivity contribution in [2.45, 2.75) is 31.3 Å². The maximum atomic E-state index is 13.2. The summed E-state index contributed by atoms with van der Waals surface area (Å²) in [6.07, 6.45) is 2.06. The summed E-state index contributed by atoms with van der Waals surface area (Å²) in [5.41, 5.74) is 0.578. The van der Waals surface area contributed by atoms with Crippen molar-refractivity contribution in [3.05, 3.63) is 72.0 Å². The minimum absolute atomic E-state index is 0.0373. The molecule has 0 spiro atoms. The number of halogens is 1. The van der Waals surface area contributed by atoms with E-state index >= 15 is 0 Å². The van der Waals surface area contributed by atoms with E-state index in [1.807, 2.05) is 12.1 Å². The van der Waals surface area contributed by atoms with Gasteiger partial charge in [-0.15, -0.1) is 10.2 Å². The third-order valence-corrected chi connectivity index (χ3v) is 7.16. The smallest absolute Gasteiger partial charge is 0.204 e. The first-order valence-corrected chi connectivity index (χ1v) is 11.8. The van der Waals surface area contributed by atoms with Crippen LogP contribution in [0.1, 0.15) is 24.3 Å². The molecule has 9 nitrogen and oxygen atoms in total. The second kappa shape index (κ2) is 9.10. The number of aryl methyl sites for hydroxylation is 1. The number of benzene rings is 1. The number of para-hydroxylation sites is 2. The zero-order chi connectivity index (χ0) is 23.6. The van der Waals surface area contributed by atoms with Crippen molar-refractivity contribution in [1.29, 1.82) is 0 Å². The van der Waals surface area contributed by atoms with E-state index in [0.29, 0.717) is 28.8 Å². The molecule has 0 unspecified atom stereocenters. The number of nitrogens with zero attached hydrogens (tertiary/aromatic N) is 5. The van der Waals surface area contributed by atoms with E-state index in [0.717, 1.165) is 12.4 Å². The zero-order valence-electron chi connectivity index (χ0n) is 18.3. The summed E-state index contributed by atoms with van der Waals surface area (Å²) in [6, 6.07) is 10.7. The van der Waals surface area contributed by atoms with E-state index in [2.05, 4.69) is 20.2 Å². The molecule has 0 amide bonds. The van der Waals surface area contributed by atoms with Gasteiger partial charge < -0.3 is 9.15 Å². The Balaban J connectivity index is 1.73. The topological polar surface area (TPSA) is 113 Å². The lowest BCUT2D eigenvalue weighted by molar-refractivity contribution is 0.412. The van der Waals surface area contributed by atoms with Crippen LogP contribution in [-0.4, -0.2) is 45.5 Å². The Bertz CT molecular complexity index is 1370. The van der Waals surface area contributed by atoms with Crippen molar-refractivity contribution in [3.8, 4) is 23.0 Å². The van der Waals surface area contributed by atoms with E-state index in [9.17, 15) is 12.8 Å². The molecular weight excluding hydrogens is 449 g/mol. The van der Waals surface area contributed by atoms with Crippen LogP contribution in [0.15, 0.2) is 53.2 Å². The van der Waals surface area contributed by atoms with Crippen LogP contribution < -0.4 is 4.74 Å². The van der Waals surface area contributed by atoms with Crippen molar-refractivity contribution in [2.24, 2.45) is 0 Å². The molecule has 0 saturated heterocycles. The van der Waals surface area contributed by atoms with Gasteiger partial charge in [0, 0.05) is 6.42 Å². The molecule has 0 aliphatic rings. The van der Waals surface area contributed by atoms with Gasteiger partial charge in [0.2, 0.25) is 5.82 Å². The predicted molar refractivity (Wildman–Crippen MR) is 118 cm³/mol. The highest BCUT2D eigenvalue weighted by molar-refractivity contribution is 7.91. The fourth-order valence-electron chi connectivity index (χ4n) is 3.34. The van der Waals surface area contributed by atoms with Crippen LogP contribution in [0.3, 0.4) is 0 Å². The molecule has 3 aromatic heterocycles. The average Bonchev–Trinajstić information content (AvgIpc) is 3.40. The number of rotatable bonds is 8. The minimum atomic E-state index is -3.70. The van der Waals surface area contributed by atoms with Gasteiger partial charge in [0.25, 0.3) is 0 Å². The number of aromatic nitrogens is 5. The average molecular weight is 472 g/mol. The van der Waals surface area contributed by atoms with E-state index in [1.54, 1.807) is 42.7 Å². The Hall–Kier alpha value is -3.60. The van der Waals surface area contributed by atoms with Crippen LogP contribution in [0.5, 0.6) is 5.75 Å². The summed E-state index contributed by atoms with van der Waals surface area (Å²) in [6.45, 7) is 3.36. The number of hydrogen-bond donors (Lipinski definition) is 0. The summed E-state index contributed by atoms with van der Waals surface area (Å²) in [5.74, 6) is 1.48. The number of sulfone groups is 1. The molecule has 33 heavy (non-hydrogen) atoms. The molecule has 11 heteroatoms. The Labute approximate surface area is 190 Å². The summed E-state index contributed by atoms with van der Waals surface area (Å²) in [5, 5.41) is 7.57. The lowest BCUT2D eigenvalue weighted by Gasteiger charge is -2.15. The van der Waals surface area contributed by atoms with Gasteiger partial charge in [-0.25, -0.2) is 22.8 Å². The van der Waals surface area contributed by atoms with Gasteiger partial charge in [-0.1, -0.05) is 12.1 Å². The summed E-state index contributed by atoms with van der Waals surface area (Å²) in [7, 11) is -2.18. The highest BCUT2D eigenvalue weighted by atomic mass is 32.2. The van der Waals surface area contributed by atoms with Gasteiger partial charge in [-0.05, 0) is 38.1 Å². The lowest BCUT2D eigenvalue weighted by atomic mass is 10.2. The van der Waals surface area contributed by atoms with Crippen LogP contribution in [0.4, 0.5) is 4.39 Å². The first kappa shape index (κ1) is 22.6. The van der Waals surface area contributed by atoms with Gasteiger partial charge in [0.1, 0.15) is 23.1 Å². The molecule has 0 N–H and O–H groups in total. The van der Waals surface area contributed by atoms with Gasteiger partial charge in [0.15, 0.2) is 27.2 Å². The van der Waals surface area contributed by atoms with E-state index < -0.39 is 20.9 Å². The highest BCUT2D eigenvalue weighted by Gasteiger charge is 2.28. The lowest BCUT2D eigenvalue weighted by Crippen LogP contribution is -2.24. The number of ether oxygens (including phenoxy) is 1. The highest BCUT2D eigenvalue weighted by Crippen LogP contribution is 2.31. The first-order valence-electron chi connectivity index (χ1n) is 10.1. The molecular formula is C22H22FN5O4S. The Morgan fingerprint density at radius 1 is 1.12 bits per heavy atom. The second-order valence-electron chi connectivity index (χ2n) is 7.50. The fraction of sp³-hybridized carbons (Fsp3) is 0.273. The fourth-order valence-corrected chi connectivity index (χ4v) is 4.58. The normalized spacial score (nSPS) is 12.6. The molecule has 1 aromatic carbocycles. The summed E-state index contributed by atoms with van der Waals surface area (Å²) >= 11 is 0. The minimum Gasteiger partial charge on any atom is -0.495 e. The molecule has 0 saturated carbocycles. The summed E-state index contributed by atoms with van der Waals surface area (Å²) in [4.78, 5) is 7.72. The quantitative estimate of drug-likeness (QED) is 0.385. The predicted octanol–water partition coefficient (Wildman–Crippen LogP) is 3.32. The van der Waals surface area contributed by atoms with Crippen LogP contribution in [0.2, 0.25) is 0 Å². The van der Waals surface area contributed by atoms with E-state index in [4.69, 9.17) is 9.15 Å². The monoisotopic (exact) mass is 471 g/mol. The number of furan rings is 1. The van der Waals surface area contributed by atoms with Crippen LogP contribution in [-0.2, 0) is 22.0 Å². The molecule has 0 bridgehead atoms. The van der Waals surface area contributed by atoms with Crippen molar-refractivity contribution in [1.82, 2.24) is 24.7 Å². The molecule has 0 aliphatic carbocycles. The van der Waals surface area contributed by atoms with Crippen molar-refractivity contribution >= 4 is 9.84 Å². The Kier molecular flexibility index (Phi) is 6.23. The van der Waals surface area contributed by atoms with Crippen molar-refractivity contribution in [2.75, 3.05) is 7.11 Å². The molecule has 1 atom stereocenters. The number of hydrogen-bond acceptors (Lipinski definition) is 8. The largest absolute Gasteiger partial charge is 0.495 e. The second-order valence-corrected chi connectivity index (χ2v) is 9.92. The third kappa shape index (κ3) is 4.77. The third-order valence-electron chi connectivity index (χ3n) is 5.10. The van der Waals surface area contributed by atoms with Gasteiger partial charge in [-0.2, -0.15) is 0 Å². The van der Waals surface area contributed by atoms with Crippen molar-refractivity contribution < 1.29 is 22.0 Å². The van der Waals surface area contributed by atoms with Gasteiger partial charge >= 0.3 is 0 Å². The first-order chi connectivity index (χ1) is 15.8. The van der Waals surface area contributed by atoms with E-state index in [-0.39, 0.29) is 23.8 Å². The molecule has 4 rings (SSSR count). The van der Waals surface area contributed by atoms with Gasteiger partial charge in [0.05, 0.1) is 30.4 Å². The van der Waals surface area contributed by atoms with E-state index in [1.165, 1.54) is 7.11 Å². The molecule has 0 radical (unpaired) electrons. The number of methoxy groups -OCH3 is 1. The maximum Gasteiger partial charge on any atom is 0.204 e. The van der Waals surface area contributed by atoms with Crippen LogP contribution >= 0.6 is 0 Å². The molecule has 0 aliphatic heterocycles. The summed E-state index contributed by atoms with van der Waals surface area (Å²) < 4.78 is 52.3. The SMILES string of the molecule is COc1ccccc1-n1c(CS(=O)(=O)[C@@H](C)Cc2ncc(F)cn2)nnc1-c1ccc(C)o1. The molecule has 0 fully saturated rings. The van der Waals surface area contributed by atoms with Crippen LogP contribution in [0.25, 0.3) is 17.3 Å². The van der Waals surface area contributed by atoms with Gasteiger partial charge in [-0.3, -0.25) is 4.57 Å². The van der Waals surface area contributed by atoms with Crippen molar-refractivity contribution in [3.63, 3.8) is 0 Å². The van der Waals surface area contributed by atoms with Crippen LogP contribution in [0, 0.1) is 12.7 Å². The standard InChI is InChI=1S/C22H22FN5O4S/c1-14-8-9-19(32-14)22-27-26-21(28(22)17-6-4-5-7-18(17)31-3)13-33(29,30)15(2)10-20-24-11-16(23)12-25-20/h4-9,11-12,15H,10,13H2,1-3H3/t15-/m0/s1.